The lowest BCUT2D eigenvalue weighted by Gasteiger charge is -2.27. The highest BCUT2D eigenvalue weighted by Crippen LogP contribution is 2.41. The average Bonchev–Trinajstić information content (AvgIpc) is 3.32. The molecular formula is C33H51Cl2N3O3. The van der Waals surface area contributed by atoms with Gasteiger partial charge in [0.1, 0.15) is 17.8 Å². The Kier molecular flexibility index (Phi) is 13.7. The lowest BCUT2D eigenvalue weighted by molar-refractivity contribution is 0.299. The van der Waals surface area contributed by atoms with Gasteiger partial charge in [-0.1, -0.05) is 61.5 Å². The lowest BCUT2D eigenvalue weighted by atomic mass is 9.78. The van der Waals surface area contributed by atoms with E-state index in [0.29, 0.717) is 24.7 Å². The van der Waals surface area contributed by atoms with Gasteiger partial charge in [0.2, 0.25) is 5.89 Å². The van der Waals surface area contributed by atoms with E-state index < -0.39 is 0 Å². The van der Waals surface area contributed by atoms with E-state index in [4.69, 9.17) is 14.1 Å². The number of aromatic hydroxyl groups is 1. The first-order valence-electron chi connectivity index (χ1n) is 14.2. The van der Waals surface area contributed by atoms with Gasteiger partial charge >= 0.3 is 0 Å². The largest absolute Gasteiger partial charge is 0.507 e. The maximum atomic E-state index is 11.1. The van der Waals surface area contributed by atoms with Crippen LogP contribution in [0.25, 0.3) is 11.5 Å². The number of benzene rings is 2. The molecule has 8 heteroatoms. The number of ether oxygens (including phenoxy) is 1. The molecule has 3 rings (SSSR count). The van der Waals surface area contributed by atoms with Gasteiger partial charge < -0.3 is 24.1 Å². The Labute approximate surface area is 260 Å². The summed E-state index contributed by atoms with van der Waals surface area (Å²) in [7, 11) is 4.27. The maximum absolute atomic E-state index is 11.1. The molecule has 0 atom stereocenters. The fourth-order valence-electron chi connectivity index (χ4n) is 4.54. The summed E-state index contributed by atoms with van der Waals surface area (Å²) in [6.07, 6.45) is 2.36. The monoisotopic (exact) mass is 607 g/mol. The van der Waals surface area contributed by atoms with Crippen molar-refractivity contribution < 1.29 is 14.3 Å². The van der Waals surface area contributed by atoms with Crippen LogP contribution in [0.3, 0.4) is 0 Å². The summed E-state index contributed by atoms with van der Waals surface area (Å²) in [6, 6.07) is 10.5. The minimum atomic E-state index is -0.214. The van der Waals surface area contributed by atoms with Crippen LogP contribution < -0.4 is 4.74 Å². The molecule has 230 valence electrons. The second kappa shape index (κ2) is 15.3. The normalized spacial score (nSPS) is 11.9. The molecule has 3 aromatic rings. The van der Waals surface area contributed by atoms with Crippen LogP contribution in [0.15, 0.2) is 41.0 Å². The highest BCUT2D eigenvalue weighted by atomic mass is 35.5. The number of aromatic nitrogens is 1. The zero-order valence-corrected chi connectivity index (χ0v) is 28.3. The number of halogens is 2. The van der Waals surface area contributed by atoms with E-state index >= 15 is 0 Å². The van der Waals surface area contributed by atoms with Crippen LogP contribution in [0, 0.1) is 0 Å². The van der Waals surface area contributed by atoms with E-state index in [9.17, 15) is 5.11 Å². The van der Waals surface area contributed by atoms with Gasteiger partial charge in [0.05, 0.1) is 12.3 Å². The molecule has 0 aliphatic heterocycles. The number of nitrogens with zero attached hydrogens (tertiary/aromatic N) is 3. The predicted octanol–water partition coefficient (Wildman–Crippen LogP) is 8.01. The van der Waals surface area contributed by atoms with Crippen molar-refractivity contribution in [1.29, 1.82) is 0 Å². The van der Waals surface area contributed by atoms with Gasteiger partial charge in [-0.3, -0.25) is 0 Å². The summed E-state index contributed by atoms with van der Waals surface area (Å²) >= 11 is 0. The van der Waals surface area contributed by atoms with Crippen molar-refractivity contribution in [2.75, 3.05) is 33.8 Å². The van der Waals surface area contributed by atoms with E-state index in [0.717, 1.165) is 54.3 Å². The second-order valence-electron chi connectivity index (χ2n) is 12.8. The summed E-state index contributed by atoms with van der Waals surface area (Å²) in [6.45, 7) is 21.3. The average molecular weight is 609 g/mol. The zero-order chi connectivity index (χ0) is 29.0. The number of hydrogen-bond acceptors (Lipinski definition) is 6. The number of hydrogen-bond donors (Lipinski definition) is 1. The third-order valence-corrected chi connectivity index (χ3v) is 7.24. The van der Waals surface area contributed by atoms with Gasteiger partial charge in [-0.25, -0.2) is 4.98 Å². The van der Waals surface area contributed by atoms with Crippen molar-refractivity contribution in [2.45, 2.75) is 85.7 Å². The van der Waals surface area contributed by atoms with Gasteiger partial charge in [-0.15, -0.1) is 24.8 Å². The van der Waals surface area contributed by atoms with Crippen molar-refractivity contribution in [3.8, 4) is 23.0 Å². The predicted molar refractivity (Wildman–Crippen MR) is 175 cm³/mol. The van der Waals surface area contributed by atoms with Crippen LogP contribution in [0.1, 0.15) is 83.3 Å². The molecule has 0 aliphatic carbocycles. The van der Waals surface area contributed by atoms with Crippen molar-refractivity contribution in [3.63, 3.8) is 0 Å². The van der Waals surface area contributed by atoms with Gasteiger partial charge in [-0.2, -0.15) is 0 Å². The molecule has 0 saturated heterocycles. The molecule has 0 radical (unpaired) electrons. The summed E-state index contributed by atoms with van der Waals surface area (Å²) in [5, 5.41) is 11.1. The smallest absolute Gasteiger partial charge is 0.226 e. The number of rotatable bonds is 11. The van der Waals surface area contributed by atoms with Crippen molar-refractivity contribution in [3.05, 3.63) is 64.5 Å². The first kappa shape index (κ1) is 36.8. The van der Waals surface area contributed by atoms with Crippen LogP contribution >= 0.6 is 24.8 Å². The van der Waals surface area contributed by atoms with Crippen LogP contribution in [0.5, 0.6) is 11.5 Å². The molecule has 41 heavy (non-hydrogen) atoms. The van der Waals surface area contributed by atoms with Crippen molar-refractivity contribution >= 4 is 24.8 Å². The van der Waals surface area contributed by atoms with E-state index in [1.165, 1.54) is 11.1 Å². The van der Waals surface area contributed by atoms with E-state index in [1.54, 1.807) is 6.26 Å². The molecule has 0 fully saturated rings. The molecule has 6 nitrogen and oxygen atoms in total. The Morgan fingerprint density at radius 2 is 1.41 bits per heavy atom. The molecule has 0 unspecified atom stereocenters. The third kappa shape index (κ3) is 9.92. The first-order valence-corrected chi connectivity index (χ1v) is 14.2. The Bertz CT molecular complexity index is 1210. The SMILES string of the molecule is CCN(C)Cc1ccc(OCCc2coc(-c3cc(C(C)(C)C)c(O)c(C(C)(C)C)c3)n2)c(CN(C)CC)c1.Cl.Cl. The fraction of sp³-hybridized carbons (Fsp3) is 0.545. The highest BCUT2D eigenvalue weighted by Gasteiger charge is 2.27. The van der Waals surface area contributed by atoms with E-state index in [2.05, 4.69) is 97.5 Å². The van der Waals surface area contributed by atoms with Crippen LogP contribution in [0.4, 0.5) is 0 Å². The molecule has 0 amide bonds. The van der Waals surface area contributed by atoms with E-state index in [-0.39, 0.29) is 35.6 Å². The van der Waals surface area contributed by atoms with E-state index in [1.807, 2.05) is 12.1 Å². The molecule has 0 saturated carbocycles. The summed E-state index contributed by atoms with van der Waals surface area (Å²) in [5.74, 6) is 1.84. The molecule has 1 N–H and O–H groups in total. The van der Waals surface area contributed by atoms with Crippen LogP contribution in [-0.4, -0.2) is 53.7 Å². The Balaban J connectivity index is 0.00000420. The molecule has 0 spiro atoms. The number of phenolic OH excluding ortho intramolecular Hbond substituents is 1. The molecule has 0 bridgehead atoms. The van der Waals surface area contributed by atoms with Gasteiger partial charge in [0.15, 0.2) is 0 Å². The Hall–Kier alpha value is -2.25. The molecule has 1 heterocycles. The second-order valence-corrected chi connectivity index (χ2v) is 12.8. The standard InChI is InChI=1S/C33H49N3O3.2ClH/c1-11-35(9)20-23-13-14-29(25(17-23)21-36(10)12-2)38-16-15-26-22-39-31(34-26)24-18-27(32(3,4)5)30(37)28(19-24)33(6,7)8;;/h13-14,17-19,22,37H,11-12,15-16,20-21H2,1-10H3;2*1H. The summed E-state index contributed by atoms with van der Waals surface area (Å²) < 4.78 is 12.2. The van der Waals surface area contributed by atoms with Crippen molar-refractivity contribution in [1.82, 2.24) is 14.8 Å². The third-order valence-electron chi connectivity index (χ3n) is 7.24. The number of phenols is 1. The summed E-state index contributed by atoms with van der Waals surface area (Å²) in [5.41, 5.74) is 5.59. The maximum Gasteiger partial charge on any atom is 0.226 e. The minimum absolute atomic E-state index is 0. The van der Waals surface area contributed by atoms with Gasteiger partial charge in [0.25, 0.3) is 0 Å². The number of oxazole rings is 1. The highest BCUT2D eigenvalue weighted by molar-refractivity contribution is 5.85. The lowest BCUT2D eigenvalue weighted by Crippen LogP contribution is -2.19. The zero-order valence-electron chi connectivity index (χ0n) is 26.6. The topological polar surface area (TPSA) is 62.0 Å². The summed E-state index contributed by atoms with van der Waals surface area (Å²) in [4.78, 5) is 9.37. The first-order chi connectivity index (χ1) is 18.2. The van der Waals surface area contributed by atoms with Crippen LogP contribution in [-0.2, 0) is 30.3 Å². The fourth-order valence-corrected chi connectivity index (χ4v) is 4.54. The van der Waals surface area contributed by atoms with Crippen LogP contribution in [0.2, 0.25) is 0 Å². The Morgan fingerprint density at radius 3 is 1.95 bits per heavy atom. The molecular weight excluding hydrogens is 557 g/mol. The minimum Gasteiger partial charge on any atom is -0.507 e. The van der Waals surface area contributed by atoms with Gasteiger partial charge in [-0.05, 0) is 67.8 Å². The quantitative estimate of drug-likeness (QED) is 0.238. The van der Waals surface area contributed by atoms with Gasteiger partial charge in [0, 0.05) is 41.8 Å². The van der Waals surface area contributed by atoms with Crippen molar-refractivity contribution in [2.24, 2.45) is 0 Å². The molecule has 0 aliphatic rings. The molecule has 1 aromatic heterocycles. The molecule has 2 aromatic carbocycles. The Morgan fingerprint density at radius 1 is 0.854 bits per heavy atom.